The quantitative estimate of drug-likeness (QED) is 0.826. The molecule has 1 aliphatic heterocycles. The van der Waals surface area contributed by atoms with Gasteiger partial charge >= 0.3 is 5.97 Å². The van der Waals surface area contributed by atoms with Gasteiger partial charge in [0.25, 0.3) is 0 Å². The largest absolute Gasteiger partial charge is 0.497 e. The molecule has 1 aromatic carbocycles. The zero-order valence-corrected chi connectivity index (χ0v) is 10.6. The molecule has 0 aromatic heterocycles. The van der Waals surface area contributed by atoms with Crippen molar-refractivity contribution >= 4 is 17.6 Å². The molecule has 1 saturated heterocycles. The molecule has 0 radical (unpaired) electrons. The fourth-order valence-corrected chi connectivity index (χ4v) is 2.15. The number of carbonyl (C=O) groups is 2. The molecular weight excluding hydrogens is 248 g/mol. The highest BCUT2D eigenvalue weighted by atomic mass is 16.5. The molecule has 1 heterocycles. The molecule has 102 valence electrons. The van der Waals surface area contributed by atoms with Gasteiger partial charge in [0.15, 0.2) is 0 Å². The molecule has 6 nitrogen and oxygen atoms in total. The summed E-state index contributed by atoms with van der Waals surface area (Å²) in [6.07, 6.45) is -0.0772. The van der Waals surface area contributed by atoms with Crippen LogP contribution in [0.3, 0.4) is 0 Å². The van der Waals surface area contributed by atoms with Crippen LogP contribution in [0.5, 0.6) is 5.75 Å². The van der Waals surface area contributed by atoms with Gasteiger partial charge in [0.05, 0.1) is 26.1 Å². The first-order chi connectivity index (χ1) is 9.08. The number of aliphatic carboxylic acids is 1. The summed E-state index contributed by atoms with van der Waals surface area (Å²) in [5, 5.41) is 11.5. The third-order valence-corrected chi connectivity index (χ3v) is 2.98. The first kappa shape index (κ1) is 13.2. The van der Waals surface area contributed by atoms with Gasteiger partial charge < -0.3 is 20.1 Å². The summed E-state index contributed by atoms with van der Waals surface area (Å²) in [4.78, 5) is 24.2. The molecule has 0 aliphatic carbocycles. The van der Waals surface area contributed by atoms with E-state index in [1.54, 1.807) is 7.11 Å². The number of piperazine rings is 1. The molecule has 1 fully saturated rings. The van der Waals surface area contributed by atoms with Crippen molar-refractivity contribution in [1.29, 1.82) is 0 Å². The molecule has 1 unspecified atom stereocenters. The number of hydrogen-bond acceptors (Lipinski definition) is 4. The van der Waals surface area contributed by atoms with Gasteiger partial charge in [-0.2, -0.15) is 0 Å². The smallest absolute Gasteiger partial charge is 0.305 e. The number of methoxy groups -OCH3 is 1. The van der Waals surface area contributed by atoms with E-state index in [9.17, 15) is 9.59 Å². The first-order valence-corrected chi connectivity index (χ1v) is 5.98. The minimum absolute atomic E-state index is 0.0772. The molecule has 0 bridgehead atoms. The summed E-state index contributed by atoms with van der Waals surface area (Å²) >= 11 is 0. The van der Waals surface area contributed by atoms with Crippen LogP contribution in [0.25, 0.3) is 0 Å². The number of nitrogens with one attached hydrogen (secondary N) is 1. The fraction of sp³-hybridized carbons (Fsp3) is 0.385. The Balaban J connectivity index is 2.14. The fourth-order valence-electron chi connectivity index (χ4n) is 2.15. The predicted octanol–water partition coefficient (Wildman–Crippen LogP) is 0.475. The van der Waals surface area contributed by atoms with Crippen molar-refractivity contribution in [1.82, 2.24) is 5.32 Å². The van der Waals surface area contributed by atoms with E-state index in [2.05, 4.69) is 5.32 Å². The van der Waals surface area contributed by atoms with Gasteiger partial charge in [-0.3, -0.25) is 9.59 Å². The number of carboxylic acid groups (broad SMARTS) is 1. The Morgan fingerprint density at radius 3 is 3.05 bits per heavy atom. The van der Waals surface area contributed by atoms with Crippen LogP contribution in [0.2, 0.25) is 0 Å². The van der Waals surface area contributed by atoms with Crippen LogP contribution in [-0.4, -0.2) is 43.2 Å². The summed E-state index contributed by atoms with van der Waals surface area (Å²) in [6.45, 7) is 0.703. The number of ether oxygens (including phenoxy) is 1. The van der Waals surface area contributed by atoms with Crippen LogP contribution < -0.4 is 15.0 Å². The number of hydrogen-bond donors (Lipinski definition) is 2. The van der Waals surface area contributed by atoms with Crippen molar-refractivity contribution < 1.29 is 19.4 Å². The molecule has 0 spiro atoms. The van der Waals surface area contributed by atoms with Gasteiger partial charge in [-0.05, 0) is 12.1 Å². The molecule has 1 amide bonds. The highest BCUT2D eigenvalue weighted by molar-refractivity contribution is 5.84. The second-order valence-corrected chi connectivity index (χ2v) is 4.44. The Morgan fingerprint density at radius 2 is 2.37 bits per heavy atom. The lowest BCUT2D eigenvalue weighted by atomic mass is 10.1. The van der Waals surface area contributed by atoms with Crippen LogP contribution in [0.4, 0.5) is 5.69 Å². The van der Waals surface area contributed by atoms with E-state index in [0.717, 1.165) is 5.69 Å². The lowest BCUT2D eigenvalue weighted by Gasteiger charge is -2.34. The van der Waals surface area contributed by atoms with Gasteiger partial charge in [-0.25, -0.2) is 0 Å². The lowest BCUT2D eigenvalue weighted by Crippen LogP contribution is -2.54. The molecule has 1 aromatic rings. The Hall–Kier alpha value is -2.24. The van der Waals surface area contributed by atoms with Gasteiger partial charge in [-0.1, -0.05) is 6.07 Å². The Bertz CT molecular complexity index is 487. The molecule has 2 N–H and O–H groups in total. The average Bonchev–Trinajstić information content (AvgIpc) is 2.37. The molecule has 0 saturated carbocycles. The average molecular weight is 264 g/mol. The van der Waals surface area contributed by atoms with Crippen molar-refractivity contribution in [3.8, 4) is 5.75 Å². The minimum Gasteiger partial charge on any atom is -0.497 e. The number of carboxylic acids is 1. The van der Waals surface area contributed by atoms with Crippen LogP contribution in [-0.2, 0) is 9.59 Å². The molecule has 19 heavy (non-hydrogen) atoms. The second kappa shape index (κ2) is 5.60. The van der Waals surface area contributed by atoms with E-state index < -0.39 is 5.97 Å². The number of amides is 1. The monoisotopic (exact) mass is 264 g/mol. The standard InChI is InChI=1S/C13H16N2O4/c1-19-11-4-2-3-10(6-11)15-7-9(5-13(17)18)14-12(16)8-15/h2-4,6,9H,5,7-8H2,1H3,(H,14,16)(H,17,18). The minimum atomic E-state index is -0.919. The SMILES string of the molecule is COc1cccc(N2CC(=O)NC(CC(=O)O)C2)c1. The topological polar surface area (TPSA) is 78.9 Å². The van der Waals surface area contributed by atoms with Crippen molar-refractivity contribution in [2.45, 2.75) is 12.5 Å². The third kappa shape index (κ3) is 3.37. The number of benzene rings is 1. The zero-order chi connectivity index (χ0) is 13.8. The summed E-state index contributed by atoms with van der Waals surface area (Å²) in [5.41, 5.74) is 0.851. The third-order valence-electron chi connectivity index (χ3n) is 2.98. The molecular formula is C13H16N2O4. The maximum absolute atomic E-state index is 11.6. The molecule has 6 heteroatoms. The van der Waals surface area contributed by atoms with E-state index in [4.69, 9.17) is 9.84 Å². The van der Waals surface area contributed by atoms with Crippen LogP contribution in [0.15, 0.2) is 24.3 Å². The normalized spacial score (nSPS) is 18.9. The van der Waals surface area contributed by atoms with E-state index in [0.29, 0.717) is 12.3 Å². The van der Waals surface area contributed by atoms with Gasteiger partial charge in [-0.15, -0.1) is 0 Å². The Labute approximate surface area is 111 Å². The Kier molecular flexibility index (Phi) is 3.89. The van der Waals surface area contributed by atoms with Crippen LogP contribution >= 0.6 is 0 Å². The van der Waals surface area contributed by atoms with Gasteiger partial charge in [0.1, 0.15) is 5.75 Å². The molecule has 1 aliphatic rings. The Morgan fingerprint density at radius 1 is 1.58 bits per heavy atom. The molecule has 1 atom stereocenters. The van der Waals surface area contributed by atoms with Crippen molar-refractivity contribution in [2.24, 2.45) is 0 Å². The lowest BCUT2D eigenvalue weighted by molar-refractivity contribution is -0.137. The van der Waals surface area contributed by atoms with E-state index >= 15 is 0 Å². The van der Waals surface area contributed by atoms with Gasteiger partial charge in [0.2, 0.25) is 5.91 Å². The van der Waals surface area contributed by atoms with Gasteiger partial charge in [0, 0.05) is 18.3 Å². The van der Waals surface area contributed by atoms with E-state index in [-0.39, 0.29) is 24.9 Å². The maximum atomic E-state index is 11.6. The maximum Gasteiger partial charge on any atom is 0.305 e. The molecule has 2 rings (SSSR count). The number of carbonyl (C=O) groups excluding carboxylic acids is 1. The van der Waals surface area contributed by atoms with E-state index in [1.807, 2.05) is 29.2 Å². The van der Waals surface area contributed by atoms with E-state index in [1.165, 1.54) is 0 Å². The first-order valence-electron chi connectivity index (χ1n) is 5.98. The van der Waals surface area contributed by atoms with Crippen molar-refractivity contribution in [2.75, 3.05) is 25.1 Å². The van der Waals surface area contributed by atoms with Crippen molar-refractivity contribution in [3.63, 3.8) is 0 Å². The highest BCUT2D eigenvalue weighted by Gasteiger charge is 2.26. The van der Waals surface area contributed by atoms with Crippen LogP contribution in [0, 0.1) is 0 Å². The van der Waals surface area contributed by atoms with Crippen LogP contribution in [0.1, 0.15) is 6.42 Å². The highest BCUT2D eigenvalue weighted by Crippen LogP contribution is 2.22. The second-order valence-electron chi connectivity index (χ2n) is 4.44. The zero-order valence-electron chi connectivity index (χ0n) is 10.6. The predicted molar refractivity (Wildman–Crippen MR) is 69.4 cm³/mol. The summed E-state index contributed by atoms with van der Waals surface area (Å²) in [7, 11) is 1.58. The number of nitrogens with zero attached hydrogens (tertiary/aromatic N) is 1. The summed E-state index contributed by atoms with van der Waals surface area (Å²) in [6, 6.07) is 7.00. The number of rotatable bonds is 4. The number of anilines is 1. The summed E-state index contributed by atoms with van der Waals surface area (Å²) < 4.78 is 5.14. The van der Waals surface area contributed by atoms with Crippen molar-refractivity contribution in [3.05, 3.63) is 24.3 Å². The summed E-state index contributed by atoms with van der Waals surface area (Å²) in [5.74, 6) is -0.378.